The summed E-state index contributed by atoms with van der Waals surface area (Å²) in [5.41, 5.74) is -1.39. The summed E-state index contributed by atoms with van der Waals surface area (Å²) in [5, 5.41) is 9.70. The number of rotatable bonds is 3. The molecule has 0 unspecified atom stereocenters. The van der Waals surface area contributed by atoms with Crippen molar-refractivity contribution in [1.29, 1.82) is 0 Å². The molecule has 1 N–H and O–H groups in total. The molecule has 1 saturated carbocycles. The first kappa shape index (κ1) is 15.6. The molecule has 0 aromatic heterocycles. The number of carboxylic acid groups (broad SMARTS) is 1. The largest absolute Gasteiger partial charge is 0.481 e. The summed E-state index contributed by atoms with van der Waals surface area (Å²) in [7, 11) is 0. The number of amides is 1. The summed E-state index contributed by atoms with van der Waals surface area (Å²) >= 11 is 0. The van der Waals surface area contributed by atoms with Crippen molar-refractivity contribution in [3.8, 4) is 0 Å². The van der Waals surface area contributed by atoms with E-state index < -0.39 is 16.8 Å². The lowest BCUT2D eigenvalue weighted by atomic mass is 9.76. The maximum absolute atomic E-state index is 14.2. The maximum atomic E-state index is 14.2. The molecule has 1 aliphatic carbocycles. The van der Waals surface area contributed by atoms with Gasteiger partial charge in [0.25, 0.3) is 0 Å². The minimum absolute atomic E-state index is 0.0934. The molecule has 2 aliphatic heterocycles. The Morgan fingerprint density at radius 1 is 1.29 bits per heavy atom. The van der Waals surface area contributed by atoms with E-state index in [1.165, 1.54) is 6.07 Å². The number of likely N-dealkylation sites (tertiary alicyclic amines) is 1. The number of aliphatic carboxylic acids is 1. The summed E-state index contributed by atoms with van der Waals surface area (Å²) in [5.74, 6) is -1.50. The van der Waals surface area contributed by atoms with Gasteiger partial charge in [0.05, 0.1) is 12.0 Å². The number of benzene rings is 1. The Morgan fingerprint density at radius 2 is 2.04 bits per heavy atom. The van der Waals surface area contributed by atoms with E-state index in [1.807, 2.05) is 0 Å². The number of fused-ring (bicyclic) bond motifs is 1. The summed E-state index contributed by atoms with van der Waals surface area (Å²) in [6.07, 6.45) is 1.87. The fourth-order valence-electron chi connectivity index (χ4n) is 4.32. The van der Waals surface area contributed by atoms with E-state index in [2.05, 4.69) is 0 Å². The average molecular weight is 333 g/mol. The normalized spacial score (nSPS) is 30.7. The molecule has 1 aromatic rings. The van der Waals surface area contributed by atoms with Crippen molar-refractivity contribution in [1.82, 2.24) is 4.90 Å². The lowest BCUT2D eigenvalue weighted by Crippen LogP contribution is -2.47. The van der Waals surface area contributed by atoms with Gasteiger partial charge in [-0.2, -0.15) is 0 Å². The number of carbonyl (C=O) groups is 2. The molecule has 0 radical (unpaired) electrons. The van der Waals surface area contributed by atoms with Crippen molar-refractivity contribution >= 4 is 11.9 Å². The first-order valence-electron chi connectivity index (χ1n) is 8.35. The smallest absolute Gasteiger partial charge is 0.314 e. The van der Waals surface area contributed by atoms with Crippen LogP contribution in [0.2, 0.25) is 0 Å². The van der Waals surface area contributed by atoms with Crippen LogP contribution in [-0.2, 0) is 19.7 Å². The zero-order valence-corrected chi connectivity index (χ0v) is 13.3. The van der Waals surface area contributed by atoms with E-state index in [-0.39, 0.29) is 30.8 Å². The summed E-state index contributed by atoms with van der Waals surface area (Å²) in [4.78, 5) is 26.6. The van der Waals surface area contributed by atoms with E-state index in [9.17, 15) is 19.1 Å². The van der Waals surface area contributed by atoms with E-state index in [1.54, 1.807) is 23.1 Å². The summed E-state index contributed by atoms with van der Waals surface area (Å²) < 4.78 is 19.6. The fraction of sp³-hybridized carbons (Fsp3) is 0.556. The maximum Gasteiger partial charge on any atom is 0.314 e. The minimum atomic E-state index is -1.01. The minimum Gasteiger partial charge on any atom is -0.481 e. The molecule has 0 spiro atoms. The van der Waals surface area contributed by atoms with E-state index >= 15 is 0 Å². The van der Waals surface area contributed by atoms with Crippen molar-refractivity contribution in [3.63, 3.8) is 0 Å². The van der Waals surface area contributed by atoms with Crippen LogP contribution in [0.4, 0.5) is 4.39 Å². The first-order valence-corrected chi connectivity index (χ1v) is 8.35. The molecular formula is C18H20FNO4. The van der Waals surface area contributed by atoms with Gasteiger partial charge in [0.1, 0.15) is 11.2 Å². The van der Waals surface area contributed by atoms with Gasteiger partial charge in [0.15, 0.2) is 0 Å². The van der Waals surface area contributed by atoms with Crippen LogP contribution in [-0.4, -0.2) is 48.2 Å². The summed E-state index contributed by atoms with van der Waals surface area (Å²) in [6.45, 7) is 1.25. The topological polar surface area (TPSA) is 66.8 Å². The Labute approximate surface area is 139 Å². The molecule has 3 fully saturated rings. The van der Waals surface area contributed by atoms with Crippen LogP contribution in [0.15, 0.2) is 24.3 Å². The highest BCUT2D eigenvalue weighted by Crippen LogP contribution is 2.52. The third-order valence-corrected chi connectivity index (χ3v) is 5.93. The third kappa shape index (κ3) is 2.09. The Hall–Kier alpha value is -1.95. The van der Waals surface area contributed by atoms with Gasteiger partial charge < -0.3 is 14.7 Å². The average Bonchev–Trinajstić information content (AvgIpc) is 3.27. The molecule has 2 atom stereocenters. The highest BCUT2D eigenvalue weighted by Gasteiger charge is 2.60. The van der Waals surface area contributed by atoms with Gasteiger partial charge in [-0.15, -0.1) is 0 Å². The van der Waals surface area contributed by atoms with E-state index in [4.69, 9.17) is 4.74 Å². The van der Waals surface area contributed by atoms with E-state index in [0.29, 0.717) is 38.0 Å². The number of nitrogens with zero attached hydrogens (tertiary/aromatic N) is 1. The zero-order valence-electron chi connectivity index (χ0n) is 13.3. The number of carbonyl (C=O) groups excluding carboxylic acids is 1. The van der Waals surface area contributed by atoms with Crippen molar-refractivity contribution in [2.45, 2.75) is 24.7 Å². The van der Waals surface area contributed by atoms with Gasteiger partial charge in [-0.05, 0) is 31.2 Å². The van der Waals surface area contributed by atoms with Gasteiger partial charge in [-0.3, -0.25) is 9.59 Å². The lowest BCUT2D eigenvalue weighted by molar-refractivity contribution is -0.160. The van der Waals surface area contributed by atoms with Crippen LogP contribution in [0.5, 0.6) is 0 Å². The molecule has 6 heteroatoms. The SMILES string of the molecule is O=C(N1C[C@@H]2CCOC[C@]2(C(=O)O)C1)C1(c2ccccc2F)CC1. The highest BCUT2D eigenvalue weighted by molar-refractivity contribution is 5.92. The molecule has 1 amide bonds. The predicted molar refractivity (Wildman–Crippen MR) is 82.9 cm³/mol. The Balaban J connectivity index is 1.62. The molecule has 5 nitrogen and oxygen atoms in total. The molecular weight excluding hydrogens is 313 g/mol. The van der Waals surface area contributed by atoms with Crippen molar-refractivity contribution in [2.24, 2.45) is 11.3 Å². The van der Waals surface area contributed by atoms with Gasteiger partial charge >= 0.3 is 5.97 Å². The van der Waals surface area contributed by atoms with Crippen LogP contribution < -0.4 is 0 Å². The van der Waals surface area contributed by atoms with Crippen LogP contribution in [0.25, 0.3) is 0 Å². The molecule has 2 heterocycles. The number of ether oxygens (including phenoxy) is 1. The van der Waals surface area contributed by atoms with E-state index in [0.717, 1.165) is 0 Å². The van der Waals surface area contributed by atoms with Crippen molar-refractivity contribution < 1.29 is 23.8 Å². The fourth-order valence-corrected chi connectivity index (χ4v) is 4.32. The molecule has 0 bridgehead atoms. The first-order chi connectivity index (χ1) is 11.5. The molecule has 2 saturated heterocycles. The van der Waals surface area contributed by atoms with Crippen LogP contribution in [0, 0.1) is 17.2 Å². The second-order valence-corrected chi connectivity index (χ2v) is 7.25. The van der Waals surface area contributed by atoms with Crippen molar-refractivity contribution in [2.75, 3.05) is 26.3 Å². The lowest BCUT2D eigenvalue weighted by Gasteiger charge is -2.33. The number of hydrogen-bond donors (Lipinski definition) is 1. The predicted octanol–water partition coefficient (Wildman–Crippen LogP) is 1.81. The molecule has 4 rings (SSSR count). The monoisotopic (exact) mass is 333 g/mol. The Morgan fingerprint density at radius 3 is 2.67 bits per heavy atom. The zero-order chi connectivity index (χ0) is 16.9. The number of carboxylic acids is 1. The second-order valence-electron chi connectivity index (χ2n) is 7.25. The molecule has 24 heavy (non-hydrogen) atoms. The van der Waals surface area contributed by atoms with Crippen molar-refractivity contribution in [3.05, 3.63) is 35.6 Å². The second kappa shape index (κ2) is 5.28. The van der Waals surface area contributed by atoms with Crippen LogP contribution >= 0.6 is 0 Å². The number of hydrogen-bond acceptors (Lipinski definition) is 3. The molecule has 128 valence electrons. The number of halogens is 1. The van der Waals surface area contributed by atoms with Gasteiger partial charge in [0, 0.05) is 25.3 Å². The third-order valence-electron chi connectivity index (χ3n) is 5.93. The summed E-state index contributed by atoms with van der Waals surface area (Å²) in [6, 6.07) is 6.39. The quantitative estimate of drug-likeness (QED) is 0.916. The highest BCUT2D eigenvalue weighted by atomic mass is 19.1. The Bertz CT molecular complexity index is 702. The van der Waals surface area contributed by atoms with Crippen LogP contribution in [0.1, 0.15) is 24.8 Å². The Kier molecular flexibility index (Phi) is 3.42. The van der Waals surface area contributed by atoms with Gasteiger partial charge in [-0.25, -0.2) is 4.39 Å². The van der Waals surface area contributed by atoms with Crippen LogP contribution in [0.3, 0.4) is 0 Å². The van der Waals surface area contributed by atoms with Gasteiger partial charge in [0.2, 0.25) is 5.91 Å². The standard InChI is InChI=1S/C18H20FNO4/c19-14-4-2-1-3-13(14)17(6-7-17)15(21)20-9-12-5-8-24-11-18(12,10-20)16(22)23/h1-4,12H,5-11H2,(H,22,23)/t12-,18+/m0/s1. The molecule has 3 aliphatic rings. The van der Waals surface area contributed by atoms with Gasteiger partial charge in [-0.1, -0.05) is 18.2 Å². The molecule has 1 aromatic carbocycles.